The number of hydrogen-bond acceptors (Lipinski definition) is 1. The molecule has 3 heteroatoms. The van der Waals surface area contributed by atoms with Gasteiger partial charge in [-0.05, 0) is 30.0 Å². The second kappa shape index (κ2) is 4.25. The van der Waals surface area contributed by atoms with Gasteiger partial charge in [0.2, 0.25) is 5.52 Å². The Kier molecular flexibility index (Phi) is 2.23. The van der Waals surface area contributed by atoms with Gasteiger partial charge in [0.15, 0.2) is 6.20 Å². The number of nitrogens with zero attached hydrogens (tertiary/aromatic N) is 3. The predicted molar refractivity (Wildman–Crippen MR) is 102 cm³/mol. The van der Waals surface area contributed by atoms with E-state index in [9.17, 15) is 0 Å². The summed E-state index contributed by atoms with van der Waals surface area (Å²) in [5.74, 6) is 0. The highest BCUT2D eigenvalue weighted by molar-refractivity contribution is 6.25. The third kappa shape index (κ3) is 1.43. The molecule has 6 rings (SSSR count). The van der Waals surface area contributed by atoms with E-state index in [1.54, 1.807) is 0 Å². The number of fused-ring (bicyclic) bond motifs is 5. The first-order chi connectivity index (χ1) is 12.3. The van der Waals surface area contributed by atoms with Crippen molar-refractivity contribution >= 4 is 49.0 Å². The van der Waals surface area contributed by atoms with Crippen LogP contribution in [0.25, 0.3) is 49.0 Å². The molecule has 0 aliphatic rings. The Labute approximate surface area is 144 Å². The highest BCUT2D eigenvalue weighted by atomic mass is 15.0. The molecule has 4 aromatic heterocycles. The molecular weight excluding hydrogens is 306 g/mol. The zero-order valence-electron chi connectivity index (χ0n) is 14.1. The lowest BCUT2D eigenvalue weighted by Crippen LogP contribution is -2.28. The zero-order valence-corrected chi connectivity index (χ0v) is 14.1. The van der Waals surface area contributed by atoms with Crippen molar-refractivity contribution in [1.82, 2.24) is 9.38 Å². The molecule has 0 aliphatic heterocycles. The number of rotatable bonds is 0. The van der Waals surface area contributed by atoms with Crippen LogP contribution in [-0.4, -0.2) is 9.38 Å². The Hall–Kier alpha value is -3.20. The molecule has 0 saturated heterocycles. The van der Waals surface area contributed by atoms with Crippen LogP contribution in [0.4, 0.5) is 0 Å². The zero-order chi connectivity index (χ0) is 16.7. The molecule has 0 atom stereocenters. The minimum Gasteiger partial charge on any atom is -0.306 e. The van der Waals surface area contributed by atoms with Crippen molar-refractivity contribution in [2.75, 3.05) is 0 Å². The molecule has 0 fully saturated rings. The van der Waals surface area contributed by atoms with Crippen molar-refractivity contribution in [3.63, 3.8) is 0 Å². The summed E-state index contributed by atoms with van der Waals surface area (Å²) in [5.41, 5.74) is 6.33. The molecule has 2 aromatic carbocycles. The SMILES string of the molecule is Cc1ccc2c3ccncc3n3c4cccc5cc[n+](C)c(c1c23)c54. The minimum absolute atomic E-state index is 1.18. The molecule has 0 radical (unpaired) electrons. The molecule has 0 aliphatic carbocycles. The van der Waals surface area contributed by atoms with Gasteiger partial charge in [0.05, 0.1) is 33.5 Å². The monoisotopic (exact) mass is 322 g/mol. The molecule has 0 saturated carbocycles. The van der Waals surface area contributed by atoms with Crippen molar-refractivity contribution in [3.8, 4) is 0 Å². The average molecular weight is 322 g/mol. The quantitative estimate of drug-likeness (QED) is 0.229. The van der Waals surface area contributed by atoms with Gasteiger partial charge in [0, 0.05) is 23.0 Å². The average Bonchev–Trinajstić information content (AvgIpc) is 2.97. The molecule has 0 bridgehead atoms. The Morgan fingerprint density at radius 1 is 0.920 bits per heavy atom. The van der Waals surface area contributed by atoms with Gasteiger partial charge >= 0.3 is 0 Å². The normalized spacial score (nSPS) is 12.4. The van der Waals surface area contributed by atoms with Crippen LogP contribution < -0.4 is 4.57 Å². The molecule has 3 nitrogen and oxygen atoms in total. The van der Waals surface area contributed by atoms with E-state index in [2.05, 4.69) is 76.6 Å². The number of hydrogen-bond donors (Lipinski definition) is 0. The Bertz CT molecular complexity index is 1460. The van der Waals surface area contributed by atoms with E-state index < -0.39 is 0 Å². The van der Waals surface area contributed by atoms with Gasteiger partial charge in [-0.2, -0.15) is 0 Å². The van der Waals surface area contributed by atoms with Crippen LogP contribution in [0.3, 0.4) is 0 Å². The van der Waals surface area contributed by atoms with Gasteiger partial charge in [-0.3, -0.25) is 4.98 Å². The van der Waals surface area contributed by atoms with E-state index in [1.165, 1.54) is 54.6 Å². The number of benzene rings is 2. The van der Waals surface area contributed by atoms with Crippen LogP contribution >= 0.6 is 0 Å². The lowest BCUT2D eigenvalue weighted by molar-refractivity contribution is -0.643. The molecule has 0 spiro atoms. The molecular formula is C22H16N3+. The highest BCUT2D eigenvalue weighted by Crippen LogP contribution is 2.39. The highest BCUT2D eigenvalue weighted by Gasteiger charge is 2.23. The molecule has 6 aromatic rings. The topological polar surface area (TPSA) is 21.2 Å². The molecule has 118 valence electrons. The maximum absolute atomic E-state index is 4.40. The number of aryl methyl sites for hydroxylation is 2. The van der Waals surface area contributed by atoms with Crippen LogP contribution in [0.15, 0.2) is 61.1 Å². The summed E-state index contributed by atoms with van der Waals surface area (Å²) in [6, 6.07) is 15.4. The van der Waals surface area contributed by atoms with Gasteiger partial charge in [-0.25, -0.2) is 4.57 Å². The van der Waals surface area contributed by atoms with Crippen LogP contribution in [0.2, 0.25) is 0 Å². The fourth-order valence-electron chi connectivity index (χ4n) is 4.49. The van der Waals surface area contributed by atoms with Crippen molar-refractivity contribution in [3.05, 3.63) is 66.6 Å². The molecule has 0 unspecified atom stereocenters. The third-order valence-corrected chi connectivity index (χ3v) is 5.56. The fraction of sp³-hybridized carbons (Fsp3) is 0.0909. The molecule has 4 heterocycles. The van der Waals surface area contributed by atoms with Gasteiger partial charge in [-0.1, -0.05) is 24.3 Å². The summed E-state index contributed by atoms with van der Waals surface area (Å²) in [4.78, 5) is 4.40. The summed E-state index contributed by atoms with van der Waals surface area (Å²) in [7, 11) is 2.14. The summed E-state index contributed by atoms with van der Waals surface area (Å²) < 4.78 is 4.66. The summed E-state index contributed by atoms with van der Waals surface area (Å²) in [6.45, 7) is 2.21. The van der Waals surface area contributed by atoms with E-state index in [4.69, 9.17) is 0 Å². The largest absolute Gasteiger partial charge is 0.306 e. The van der Waals surface area contributed by atoms with Crippen molar-refractivity contribution in [2.24, 2.45) is 7.05 Å². The Morgan fingerprint density at radius 2 is 1.84 bits per heavy atom. The first-order valence-corrected chi connectivity index (χ1v) is 8.55. The van der Waals surface area contributed by atoms with Gasteiger partial charge < -0.3 is 4.40 Å². The van der Waals surface area contributed by atoms with Gasteiger partial charge in [0.25, 0.3) is 0 Å². The van der Waals surface area contributed by atoms with E-state index >= 15 is 0 Å². The summed E-state index contributed by atoms with van der Waals surface area (Å²) >= 11 is 0. The smallest absolute Gasteiger partial charge is 0.224 e. The molecule has 0 N–H and O–H groups in total. The summed E-state index contributed by atoms with van der Waals surface area (Å²) in [6.07, 6.45) is 6.04. The van der Waals surface area contributed by atoms with Gasteiger partial charge in [0.1, 0.15) is 7.05 Å². The molecule has 25 heavy (non-hydrogen) atoms. The van der Waals surface area contributed by atoms with E-state index in [1.807, 2.05) is 12.4 Å². The van der Waals surface area contributed by atoms with E-state index in [-0.39, 0.29) is 0 Å². The third-order valence-electron chi connectivity index (χ3n) is 5.56. The van der Waals surface area contributed by atoms with Crippen molar-refractivity contribution in [2.45, 2.75) is 6.92 Å². The first kappa shape index (κ1) is 13.1. The van der Waals surface area contributed by atoms with Crippen LogP contribution in [0, 0.1) is 6.92 Å². The predicted octanol–water partition coefficient (Wildman–Crippen LogP) is 4.52. The van der Waals surface area contributed by atoms with Crippen LogP contribution in [-0.2, 0) is 7.05 Å². The maximum atomic E-state index is 4.40. The first-order valence-electron chi connectivity index (χ1n) is 8.55. The summed E-state index contributed by atoms with van der Waals surface area (Å²) in [5, 5.41) is 6.49. The standard InChI is InChI=1S/C22H16N3/c1-13-6-7-16-15-8-10-23-12-18(15)25-17-5-3-4-14-9-11-24(2)22(20(14)17)19(13)21(16)25/h3-12H,1-2H3/q+1. The van der Waals surface area contributed by atoms with Crippen molar-refractivity contribution < 1.29 is 4.57 Å². The van der Waals surface area contributed by atoms with E-state index in [0.717, 1.165) is 0 Å². The minimum atomic E-state index is 1.18. The second-order valence-electron chi connectivity index (χ2n) is 6.90. The number of pyridine rings is 3. The maximum Gasteiger partial charge on any atom is 0.224 e. The lowest BCUT2D eigenvalue weighted by atomic mass is 10.00. The number of aromatic nitrogens is 3. The second-order valence-corrected chi connectivity index (χ2v) is 6.90. The van der Waals surface area contributed by atoms with Crippen molar-refractivity contribution in [1.29, 1.82) is 0 Å². The van der Waals surface area contributed by atoms with Gasteiger partial charge in [-0.15, -0.1) is 0 Å². The molecule has 0 amide bonds. The van der Waals surface area contributed by atoms with Crippen LogP contribution in [0.1, 0.15) is 5.56 Å². The Balaban J connectivity index is 2.18. The Morgan fingerprint density at radius 3 is 2.76 bits per heavy atom. The van der Waals surface area contributed by atoms with Crippen LogP contribution in [0.5, 0.6) is 0 Å². The lowest BCUT2D eigenvalue weighted by Gasteiger charge is -2.12. The van der Waals surface area contributed by atoms with E-state index in [0.29, 0.717) is 0 Å². The fourth-order valence-corrected chi connectivity index (χ4v) is 4.49.